The van der Waals surface area contributed by atoms with E-state index < -0.39 is 15.9 Å². The Bertz CT molecular complexity index is 724. The molecule has 0 radical (unpaired) electrons. The first-order valence-corrected chi connectivity index (χ1v) is 7.34. The quantitative estimate of drug-likeness (QED) is 0.732. The van der Waals surface area contributed by atoms with Crippen molar-refractivity contribution in [2.24, 2.45) is 0 Å². The first-order valence-electron chi connectivity index (χ1n) is 5.48. The molecule has 2 rings (SSSR count). The van der Waals surface area contributed by atoms with Crippen LogP contribution in [-0.4, -0.2) is 24.5 Å². The smallest absolute Gasteiger partial charge is 0.282 e. The lowest BCUT2D eigenvalue weighted by Crippen LogP contribution is -2.41. The third-order valence-corrected chi connectivity index (χ3v) is 3.88. The van der Waals surface area contributed by atoms with Gasteiger partial charge in [0.1, 0.15) is 0 Å². The number of halogens is 1. The predicted octanol–water partition coefficient (Wildman–Crippen LogP) is 0.995. The normalized spacial score (nSPS) is 11.3. The molecular weight excluding hydrogens is 304 g/mol. The number of hydrazine groups is 1. The molecule has 0 bridgehead atoms. The van der Waals surface area contributed by atoms with Crippen LogP contribution in [0.2, 0.25) is 5.02 Å². The molecule has 0 atom stereocenters. The van der Waals surface area contributed by atoms with E-state index in [-0.39, 0.29) is 10.6 Å². The van der Waals surface area contributed by atoms with Gasteiger partial charge in [0.15, 0.2) is 5.69 Å². The number of nitrogens with one attached hydrogen (secondary N) is 3. The predicted molar refractivity (Wildman–Crippen MR) is 72.6 cm³/mol. The lowest BCUT2D eigenvalue weighted by atomic mass is 10.4. The van der Waals surface area contributed by atoms with Crippen LogP contribution < -0.4 is 10.3 Å². The molecule has 0 saturated heterocycles. The zero-order valence-corrected chi connectivity index (χ0v) is 11.9. The molecule has 0 spiro atoms. The molecule has 1 aromatic carbocycles. The topological polar surface area (TPSA) is 104 Å². The maximum Gasteiger partial charge on any atom is 0.286 e. The number of sulfonamides is 1. The van der Waals surface area contributed by atoms with E-state index >= 15 is 0 Å². The highest BCUT2D eigenvalue weighted by atomic mass is 35.5. The zero-order valence-electron chi connectivity index (χ0n) is 10.3. The van der Waals surface area contributed by atoms with Gasteiger partial charge >= 0.3 is 0 Å². The first kappa shape index (κ1) is 14.5. The van der Waals surface area contributed by atoms with Gasteiger partial charge < -0.3 is 0 Å². The SMILES string of the molecule is Cc1cc(C(=O)NNS(=O)(=O)c2ccc(Cl)cc2)n[nH]1. The van der Waals surface area contributed by atoms with Crippen LogP contribution >= 0.6 is 11.6 Å². The summed E-state index contributed by atoms with van der Waals surface area (Å²) in [4.78, 5) is 13.6. The minimum absolute atomic E-state index is 0.0135. The van der Waals surface area contributed by atoms with E-state index in [0.29, 0.717) is 10.7 Å². The number of aryl methyl sites for hydroxylation is 1. The van der Waals surface area contributed by atoms with Crippen molar-refractivity contribution in [1.29, 1.82) is 0 Å². The molecule has 0 unspecified atom stereocenters. The third kappa shape index (κ3) is 3.35. The number of carbonyl (C=O) groups excluding carboxylic acids is 1. The number of carbonyl (C=O) groups is 1. The standard InChI is InChI=1S/C11H11ClN4O3S/c1-7-6-10(14-13-7)11(17)15-16-20(18,19)9-4-2-8(12)3-5-9/h2-6,16H,1H3,(H,13,14)(H,15,17). The molecule has 3 N–H and O–H groups in total. The highest BCUT2D eigenvalue weighted by molar-refractivity contribution is 7.89. The minimum Gasteiger partial charge on any atom is -0.282 e. The van der Waals surface area contributed by atoms with Gasteiger partial charge in [-0.1, -0.05) is 11.6 Å². The number of nitrogens with zero attached hydrogens (tertiary/aromatic N) is 1. The summed E-state index contributed by atoms with van der Waals surface area (Å²) in [5.74, 6) is -0.660. The number of hydrogen-bond acceptors (Lipinski definition) is 4. The fourth-order valence-electron chi connectivity index (χ4n) is 1.38. The van der Waals surface area contributed by atoms with Crippen molar-refractivity contribution >= 4 is 27.5 Å². The van der Waals surface area contributed by atoms with Crippen LogP contribution in [0.5, 0.6) is 0 Å². The van der Waals surface area contributed by atoms with Crippen molar-refractivity contribution in [3.05, 3.63) is 46.7 Å². The zero-order chi connectivity index (χ0) is 14.8. The monoisotopic (exact) mass is 314 g/mol. The summed E-state index contributed by atoms with van der Waals surface area (Å²) in [6, 6.07) is 7.03. The fourth-order valence-corrected chi connectivity index (χ4v) is 2.35. The van der Waals surface area contributed by atoms with Gasteiger partial charge in [0.05, 0.1) is 4.90 Å². The van der Waals surface area contributed by atoms with Gasteiger partial charge in [-0.05, 0) is 37.3 Å². The molecule has 7 nitrogen and oxygen atoms in total. The van der Waals surface area contributed by atoms with Gasteiger partial charge in [0, 0.05) is 10.7 Å². The fraction of sp³-hybridized carbons (Fsp3) is 0.0909. The van der Waals surface area contributed by atoms with E-state index in [1.54, 1.807) is 6.92 Å². The summed E-state index contributed by atoms with van der Waals surface area (Å²) >= 11 is 5.67. The number of H-pyrrole nitrogens is 1. The van der Waals surface area contributed by atoms with E-state index in [1.807, 2.05) is 4.83 Å². The van der Waals surface area contributed by atoms with Crippen molar-refractivity contribution in [1.82, 2.24) is 20.5 Å². The van der Waals surface area contributed by atoms with Crippen molar-refractivity contribution < 1.29 is 13.2 Å². The number of rotatable bonds is 4. The van der Waals surface area contributed by atoms with Crippen LogP contribution in [0.4, 0.5) is 0 Å². The first-order chi connectivity index (χ1) is 9.38. The Balaban J connectivity index is 2.06. The lowest BCUT2D eigenvalue weighted by Gasteiger charge is -2.07. The summed E-state index contributed by atoms with van der Waals surface area (Å²) in [5.41, 5.74) is 2.85. The molecule has 106 valence electrons. The molecule has 2 aromatic rings. The molecule has 0 saturated carbocycles. The molecular formula is C11H11ClN4O3S. The van der Waals surface area contributed by atoms with Gasteiger partial charge in [-0.2, -0.15) is 5.10 Å². The van der Waals surface area contributed by atoms with E-state index in [2.05, 4.69) is 15.6 Å². The van der Waals surface area contributed by atoms with E-state index in [0.717, 1.165) is 0 Å². The molecule has 0 fully saturated rings. The summed E-state index contributed by atoms with van der Waals surface area (Å²) in [6.07, 6.45) is 0. The van der Waals surface area contributed by atoms with Gasteiger partial charge in [-0.15, -0.1) is 4.83 Å². The maximum atomic E-state index is 11.9. The highest BCUT2D eigenvalue weighted by Gasteiger charge is 2.16. The third-order valence-electron chi connectivity index (χ3n) is 2.36. The number of benzene rings is 1. The van der Waals surface area contributed by atoms with E-state index in [4.69, 9.17) is 11.6 Å². The van der Waals surface area contributed by atoms with Crippen LogP contribution in [-0.2, 0) is 10.0 Å². The Morgan fingerprint density at radius 1 is 1.30 bits per heavy atom. The minimum atomic E-state index is -3.85. The van der Waals surface area contributed by atoms with Gasteiger partial charge in [-0.3, -0.25) is 15.3 Å². The number of aromatic nitrogens is 2. The van der Waals surface area contributed by atoms with Gasteiger partial charge in [0.2, 0.25) is 0 Å². The number of hydrogen-bond donors (Lipinski definition) is 3. The van der Waals surface area contributed by atoms with Crippen LogP contribution in [0.15, 0.2) is 35.2 Å². The Morgan fingerprint density at radius 3 is 2.50 bits per heavy atom. The average molecular weight is 315 g/mol. The second kappa shape index (κ2) is 5.61. The van der Waals surface area contributed by atoms with Crippen LogP contribution in [0.1, 0.15) is 16.2 Å². The Labute approximate surface area is 120 Å². The van der Waals surface area contributed by atoms with Crippen LogP contribution in [0, 0.1) is 6.92 Å². The highest BCUT2D eigenvalue weighted by Crippen LogP contribution is 2.13. The molecule has 9 heteroatoms. The molecule has 1 amide bonds. The maximum absolute atomic E-state index is 11.9. The van der Waals surface area contributed by atoms with E-state index in [9.17, 15) is 13.2 Å². The average Bonchev–Trinajstić information content (AvgIpc) is 2.83. The lowest BCUT2D eigenvalue weighted by molar-refractivity contribution is 0.0940. The van der Waals surface area contributed by atoms with Crippen molar-refractivity contribution in [3.8, 4) is 0 Å². The summed E-state index contributed by atoms with van der Waals surface area (Å²) in [6.45, 7) is 1.72. The van der Waals surface area contributed by atoms with Crippen LogP contribution in [0.25, 0.3) is 0 Å². The van der Waals surface area contributed by atoms with E-state index in [1.165, 1.54) is 30.3 Å². The van der Waals surface area contributed by atoms with Gasteiger partial charge in [-0.25, -0.2) is 8.42 Å². The second-order valence-electron chi connectivity index (χ2n) is 3.95. The summed E-state index contributed by atoms with van der Waals surface area (Å²) < 4.78 is 23.8. The Hall–Kier alpha value is -1.90. The second-order valence-corrected chi connectivity index (χ2v) is 6.07. The molecule has 1 heterocycles. The van der Waals surface area contributed by atoms with Crippen LogP contribution in [0.3, 0.4) is 0 Å². The largest absolute Gasteiger partial charge is 0.286 e. The molecule has 0 aliphatic heterocycles. The Morgan fingerprint density at radius 2 is 1.95 bits per heavy atom. The molecule has 0 aliphatic rings. The van der Waals surface area contributed by atoms with Gasteiger partial charge in [0.25, 0.3) is 15.9 Å². The summed E-state index contributed by atoms with van der Waals surface area (Å²) in [5, 5.41) is 6.71. The molecule has 20 heavy (non-hydrogen) atoms. The Kier molecular flexibility index (Phi) is 4.07. The number of amides is 1. The van der Waals surface area contributed by atoms with Crippen molar-refractivity contribution in [2.45, 2.75) is 11.8 Å². The molecule has 1 aromatic heterocycles. The number of aromatic amines is 1. The van der Waals surface area contributed by atoms with Crippen molar-refractivity contribution in [2.75, 3.05) is 0 Å². The summed E-state index contributed by atoms with van der Waals surface area (Å²) in [7, 11) is -3.85. The van der Waals surface area contributed by atoms with Crippen molar-refractivity contribution in [3.63, 3.8) is 0 Å². The molecule has 0 aliphatic carbocycles.